The molecule has 0 saturated heterocycles. The van der Waals surface area contributed by atoms with Gasteiger partial charge in [0.1, 0.15) is 11.2 Å². The molecule has 0 bridgehead atoms. The Balaban J connectivity index is 1.28. The summed E-state index contributed by atoms with van der Waals surface area (Å²) in [5.74, 6) is 0. The fourth-order valence-corrected chi connectivity index (χ4v) is 7.89. The normalized spacial score (nSPS) is 11.5. The summed E-state index contributed by atoms with van der Waals surface area (Å²) in [5, 5.41) is 7.11. The molecule has 0 saturated carbocycles. The van der Waals surface area contributed by atoms with Crippen LogP contribution in [0.1, 0.15) is 0 Å². The SMILES string of the molecule is c1ccc(-c2ccc(-c3c4ccccc4c(-c4c(-c5cccnc5)cccc4-c4ccc5oc6ccccc6c5c4)c4ccccc34)cc2)cc1. The molecular formula is C49H31NO. The van der Waals surface area contributed by atoms with Crippen molar-refractivity contribution in [3.8, 4) is 55.6 Å². The van der Waals surface area contributed by atoms with Gasteiger partial charge in [-0.15, -0.1) is 0 Å². The lowest BCUT2D eigenvalue weighted by molar-refractivity contribution is 0.669. The molecule has 2 heteroatoms. The van der Waals surface area contributed by atoms with Crippen LogP contribution in [0.15, 0.2) is 193 Å². The van der Waals surface area contributed by atoms with E-state index < -0.39 is 0 Å². The van der Waals surface area contributed by atoms with Gasteiger partial charge in [0.15, 0.2) is 0 Å². The van der Waals surface area contributed by atoms with E-state index in [-0.39, 0.29) is 0 Å². The van der Waals surface area contributed by atoms with Crippen LogP contribution in [-0.2, 0) is 0 Å². The van der Waals surface area contributed by atoms with Crippen LogP contribution in [-0.4, -0.2) is 4.98 Å². The molecule has 2 heterocycles. The van der Waals surface area contributed by atoms with Gasteiger partial charge in [-0.3, -0.25) is 4.98 Å². The van der Waals surface area contributed by atoms with Gasteiger partial charge in [0.2, 0.25) is 0 Å². The molecule has 10 aromatic rings. The molecule has 10 rings (SSSR count). The second-order valence-electron chi connectivity index (χ2n) is 13.1. The number of furan rings is 1. The minimum atomic E-state index is 0.892. The van der Waals surface area contributed by atoms with Gasteiger partial charge < -0.3 is 4.42 Å². The van der Waals surface area contributed by atoms with Crippen LogP contribution in [0.25, 0.3) is 99.1 Å². The number of pyridine rings is 1. The lowest BCUT2D eigenvalue weighted by Crippen LogP contribution is -1.95. The topological polar surface area (TPSA) is 26.0 Å². The quantitative estimate of drug-likeness (QED) is 0.173. The number of rotatable bonds is 5. The second-order valence-corrected chi connectivity index (χ2v) is 13.1. The van der Waals surface area contributed by atoms with Crippen molar-refractivity contribution in [2.45, 2.75) is 0 Å². The summed E-state index contributed by atoms with van der Waals surface area (Å²) in [6.45, 7) is 0. The van der Waals surface area contributed by atoms with Crippen molar-refractivity contribution in [3.63, 3.8) is 0 Å². The highest BCUT2D eigenvalue weighted by Crippen LogP contribution is 2.49. The fourth-order valence-electron chi connectivity index (χ4n) is 7.89. The monoisotopic (exact) mass is 649 g/mol. The maximum Gasteiger partial charge on any atom is 0.135 e. The van der Waals surface area contributed by atoms with Crippen molar-refractivity contribution in [3.05, 3.63) is 188 Å². The Kier molecular flexibility index (Phi) is 6.85. The van der Waals surface area contributed by atoms with Crippen LogP contribution in [0, 0.1) is 0 Å². The standard InChI is InChI=1S/C49H31NO/c1-2-12-32(13-3-1)33-23-25-34(26-24-33)47-40-16-4-6-18-42(40)49(43-19-7-5-17-41(43)47)48-37(20-10-21-38(48)36-14-11-29-50-31-36)35-27-28-46-44(30-35)39-15-8-9-22-45(39)51-46/h1-31H. The Labute approximate surface area is 295 Å². The molecule has 238 valence electrons. The van der Waals surface area contributed by atoms with Crippen molar-refractivity contribution in [1.82, 2.24) is 4.98 Å². The molecule has 0 unspecified atom stereocenters. The van der Waals surface area contributed by atoms with Crippen molar-refractivity contribution in [1.29, 1.82) is 0 Å². The average Bonchev–Trinajstić information content (AvgIpc) is 3.58. The van der Waals surface area contributed by atoms with Gasteiger partial charge in [0.05, 0.1) is 0 Å². The van der Waals surface area contributed by atoms with Crippen LogP contribution in [0.3, 0.4) is 0 Å². The molecule has 0 aliphatic carbocycles. The Morgan fingerprint density at radius 2 is 0.843 bits per heavy atom. The molecule has 2 nitrogen and oxygen atoms in total. The van der Waals surface area contributed by atoms with Gasteiger partial charge in [-0.25, -0.2) is 0 Å². The van der Waals surface area contributed by atoms with E-state index >= 15 is 0 Å². The second kappa shape index (κ2) is 12.0. The molecule has 0 amide bonds. The highest BCUT2D eigenvalue weighted by Gasteiger charge is 2.22. The Bertz CT molecular complexity index is 2830. The summed E-state index contributed by atoms with van der Waals surface area (Å²) in [4.78, 5) is 4.56. The zero-order valence-electron chi connectivity index (χ0n) is 27.8. The molecular weight excluding hydrogens is 619 g/mol. The molecule has 51 heavy (non-hydrogen) atoms. The Hall–Kier alpha value is -6.77. The predicted molar refractivity (Wildman–Crippen MR) is 214 cm³/mol. The third-order valence-electron chi connectivity index (χ3n) is 10.2. The van der Waals surface area contributed by atoms with Crippen LogP contribution in [0.4, 0.5) is 0 Å². The van der Waals surface area contributed by atoms with Crippen LogP contribution < -0.4 is 0 Å². The fraction of sp³-hybridized carbons (Fsp3) is 0. The zero-order chi connectivity index (χ0) is 33.7. The average molecular weight is 650 g/mol. The zero-order valence-corrected chi connectivity index (χ0v) is 27.8. The minimum Gasteiger partial charge on any atom is -0.456 e. The van der Waals surface area contributed by atoms with E-state index in [0.29, 0.717) is 0 Å². The number of nitrogens with zero attached hydrogens (tertiary/aromatic N) is 1. The molecule has 8 aromatic carbocycles. The lowest BCUT2D eigenvalue weighted by atomic mass is 9.81. The highest BCUT2D eigenvalue weighted by molar-refractivity contribution is 6.24. The minimum absolute atomic E-state index is 0.892. The third kappa shape index (κ3) is 4.84. The van der Waals surface area contributed by atoms with E-state index in [0.717, 1.165) is 38.6 Å². The molecule has 2 aromatic heterocycles. The number of aromatic nitrogens is 1. The molecule has 0 radical (unpaired) electrons. The maximum absolute atomic E-state index is 6.25. The van der Waals surface area contributed by atoms with E-state index in [1.807, 2.05) is 30.6 Å². The van der Waals surface area contributed by atoms with Crippen LogP contribution >= 0.6 is 0 Å². The van der Waals surface area contributed by atoms with E-state index in [1.54, 1.807) is 0 Å². The molecule has 0 spiro atoms. The van der Waals surface area contributed by atoms with Gasteiger partial charge in [0, 0.05) is 28.7 Å². The van der Waals surface area contributed by atoms with E-state index in [4.69, 9.17) is 4.42 Å². The summed E-state index contributed by atoms with van der Waals surface area (Å²) in [6.07, 6.45) is 3.82. The molecule has 0 aliphatic heterocycles. The first-order valence-electron chi connectivity index (χ1n) is 17.4. The van der Waals surface area contributed by atoms with Crippen molar-refractivity contribution in [2.75, 3.05) is 0 Å². The number of hydrogen-bond donors (Lipinski definition) is 0. The summed E-state index contributed by atoms with van der Waals surface area (Å²) in [7, 11) is 0. The van der Waals surface area contributed by atoms with Crippen molar-refractivity contribution >= 4 is 43.5 Å². The lowest BCUT2D eigenvalue weighted by Gasteiger charge is -2.22. The molecule has 0 N–H and O–H groups in total. The molecule has 0 atom stereocenters. The number of hydrogen-bond acceptors (Lipinski definition) is 2. The highest BCUT2D eigenvalue weighted by atomic mass is 16.3. The van der Waals surface area contributed by atoms with Crippen LogP contribution in [0.2, 0.25) is 0 Å². The Morgan fingerprint density at radius 1 is 0.314 bits per heavy atom. The first-order chi connectivity index (χ1) is 25.3. The number of fused-ring (bicyclic) bond motifs is 5. The summed E-state index contributed by atoms with van der Waals surface area (Å²) in [6, 6.07) is 63.1. The van der Waals surface area contributed by atoms with Gasteiger partial charge in [-0.2, -0.15) is 0 Å². The third-order valence-corrected chi connectivity index (χ3v) is 10.2. The smallest absolute Gasteiger partial charge is 0.135 e. The van der Waals surface area contributed by atoms with Crippen LogP contribution in [0.5, 0.6) is 0 Å². The van der Waals surface area contributed by atoms with Crippen molar-refractivity contribution in [2.24, 2.45) is 0 Å². The van der Waals surface area contributed by atoms with Gasteiger partial charge in [-0.1, -0.05) is 152 Å². The molecule has 0 aliphatic rings. The Morgan fingerprint density at radius 3 is 1.53 bits per heavy atom. The summed E-state index contributed by atoms with van der Waals surface area (Å²) in [5.41, 5.74) is 13.6. The number of benzene rings is 8. The van der Waals surface area contributed by atoms with Gasteiger partial charge in [0.25, 0.3) is 0 Å². The predicted octanol–water partition coefficient (Wildman–Crippen LogP) is 13.6. The first kappa shape index (κ1) is 29.2. The summed E-state index contributed by atoms with van der Waals surface area (Å²) >= 11 is 0. The summed E-state index contributed by atoms with van der Waals surface area (Å²) < 4.78 is 6.25. The van der Waals surface area contributed by atoms with E-state index in [9.17, 15) is 0 Å². The van der Waals surface area contributed by atoms with E-state index in [2.05, 4.69) is 163 Å². The maximum atomic E-state index is 6.25. The first-order valence-corrected chi connectivity index (χ1v) is 17.4. The largest absolute Gasteiger partial charge is 0.456 e. The van der Waals surface area contributed by atoms with Gasteiger partial charge in [-0.05, 0) is 95.9 Å². The van der Waals surface area contributed by atoms with Gasteiger partial charge >= 0.3 is 0 Å². The number of para-hydroxylation sites is 1. The van der Waals surface area contributed by atoms with E-state index in [1.165, 1.54) is 60.5 Å². The van der Waals surface area contributed by atoms with Crippen molar-refractivity contribution < 1.29 is 4.42 Å². The molecule has 0 fully saturated rings.